The summed E-state index contributed by atoms with van der Waals surface area (Å²) in [6.45, 7) is 3.31. The lowest BCUT2D eigenvalue weighted by Crippen LogP contribution is -2.24. The van der Waals surface area contributed by atoms with Gasteiger partial charge in [0.05, 0.1) is 24.1 Å². The molecule has 0 bridgehead atoms. The average molecular weight is 348 g/mol. The van der Waals surface area contributed by atoms with E-state index < -0.39 is 23.6 Å². The third kappa shape index (κ3) is 3.82. The molecule has 2 N–H and O–H groups in total. The molecule has 0 aliphatic heterocycles. The number of benzene rings is 1. The summed E-state index contributed by atoms with van der Waals surface area (Å²) in [5.74, 6) is -2.36. The van der Waals surface area contributed by atoms with Gasteiger partial charge in [0, 0.05) is 18.4 Å². The molecule has 0 saturated carbocycles. The molecule has 0 aliphatic rings. The Morgan fingerprint density at radius 3 is 2.44 bits per heavy atom. The first-order chi connectivity index (χ1) is 11.7. The van der Waals surface area contributed by atoms with Crippen LogP contribution in [-0.2, 0) is 16.6 Å². The van der Waals surface area contributed by atoms with Crippen LogP contribution in [0, 0.1) is 19.7 Å². The minimum absolute atomic E-state index is 0.144. The van der Waals surface area contributed by atoms with Crippen molar-refractivity contribution < 1.29 is 23.5 Å². The molecule has 1 aromatic heterocycles. The number of anilines is 2. The lowest BCUT2D eigenvalue weighted by Gasteiger charge is -2.09. The Kier molecular flexibility index (Phi) is 5.16. The van der Waals surface area contributed by atoms with E-state index in [1.54, 1.807) is 20.9 Å². The molecule has 0 radical (unpaired) electrons. The lowest BCUT2D eigenvalue weighted by molar-refractivity contribution is -0.112. The molecule has 0 fully saturated rings. The zero-order valence-corrected chi connectivity index (χ0v) is 14.1. The number of aryl methyl sites for hydroxylation is 2. The van der Waals surface area contributed by atoms with Gasteiger partial charge in [-0.3, -0.25) is 19.6 Å². The number of halogens is 1. The van der Waals surface area contributed by atoms with Crippen LogP contribution in [0.5, 0.6) is 0 Å². The van der Waals surface area contributed by atoms with E-state index in [1.807, 2.05) is 0 Å². The molecule has 0 aliphatic carbocycles. The highest BCUT2D eigenvalue weighted by Gasteiger charge is 2.24. The highest BCUT2D eigenvalue weighted by Crippen LogP contribution is 2.21. The van der Waals surface area contributed by atoms with Crippen LogP contribution in [0.25, 0.3) is 0 Å². The Morgan fingerprint density at radius 2 is 1.88 bits per heavy atom. The van der Waals surface area contributed by atoms with E-state index >= 15 is 0 Å². The summed E-state index contributed by atoms with van der Waals surface area (Å²) in [6, 6.07) is 3.50. The molecule has 1 heterocycles. The van der Waals surface area contributed by atoms with Crippen LogP contribution in [0.2, 0.25) is 0 Å². The van der Waals surface area contributed by atoms with Gasteiger partial charge in [0.15, 0.2) is 0 Å². The number of carbonyl (C=O) groups is 3. The van der Waals surface area contributed by atoms with Crippen molar-refractivity contribution in [2.45, 2.75) is 13.8 Å². The molecule has 0 unspecified atom stereocenters. The van der Waals surface area contributed by atoms with Gasteiger partial charge in [-0.1, -0.05) is 0 Å². The van der Waals surface area contributed by atoms with E-state index in [-0.39, 0.29) is 16.9 Å². The Balaban J connectivity index is 2.21. The largest absolute Gasteiger partial charge is 0.453 e. The van der Waals surface area contributed by atoms with Crippen molar-refractivity contribution >= 4 is 29.2 Å². The predicted molar refractivity (Wildman–Crippen MR) is 88.1 cm³/mol. The van der Waals surface area contributed by atoms with Crippen LogP contribution in [0.3, 0.4) is 0 Å². The smallest absolute Gasteiger partial charge is 0.411 e. The Morgan fingerprint density at radius 1 is 1.20 bits per heavy atom. The van der Waals surface area contributed by atoms with Crippen LogP contribution in [0.4, 0.5) is 20.6 Å². The van der Waals surface area contributed by atoms with Gasteiger partial charge in [-0.05, 0) is 32.0 Å². The normalized spacial score (nSPS) is 10.3. The third-order valence-corrected chi connectivity index (χ3v) is 3.59. The van der Waals surface area contributed by atoms with Gasteiger partial charge in [0.25, 0.3) is 11.7 Å². The molecule has 0 saturated heterocycles. The number of amides is 2. The first-order valence-electron chi connectivity index (χ1n) is 7.25. The first kappa shape index (κ1) is 18.1. The zero-order chi connectivity index (χ0) is 18.7. The minimum Gasteiger partial charge on any atom is -0.453 e. The molecule has 2 rings (SSSR count). The number of rotatable bonds is 4. The van der Waals surface area contributed by atoms with Crippen molar-refractivity contribution in [2.75, 3.05) is 17.7 Å². The van der Waals surface area contributed by atoms with E-state index in [0.29, 0.717) is 11.4 Å². The number of hydrogen-bond acceptors (Lipinski definition) is 5. The summed E-state index contributed by atoms with van der Waals surface area (Å²) in [4.78, 5) is 35.7. The molecule has 9 heteroatoms. The molecule has 0 spiro atoms. The second kappa shape index (κ2) is 7.12. The molecule has 1 aromatic carbocycles. The number of aromatic nitrogens is 2. The standard InChI is InChI=1S/C16H17FN4O4/c1-8-13(9(2)21(3)20-8)14(22)15(23)18-10-5-6-11(17)12(7-10)19-16(24)25-4/h5-7H,1-4H3,(H,18,23)(H,19,24). The van der Waals surface area contributed by atoms with Crippen LogP contribution in [0.1, 0.15) is 21.7 Å². The second-order valence-electron chi connectivity index (χ2n) is 5.26. The number of carbonyl (C=O) groups excluding carboxylic acids is 3. The number of ketones is 1. The summed E-state index contributed by atoms with van der Waals surface area (Å²) < 4.78 is 19.6. The number of methoxy groups -OCH3 is 1. The van der Waals surface area contributed by atoms with Gasteiger partial charge in [-0.25, -0.2) is 9.18 Å². The monoisotopic (exact) mass is 348 g/mol. The van der Waals surface area contributed by atoms with Crippen molar-refractivity contribution in [2.24, 2.45) is 7.05 Å². The second-order valence-corrected chi connectivity index (χ2v) is 5.26. The maximum absolute atomic E-state index is 13.7. The van der Waals surface area contributed by atoms with E-state index in [9.17, 15) is 18.8 Å². The SMILES string of the molecule is COC(=O)Nc1cc(NC(=O)C(=O)c2c(C)nn(C)c2C)ccc1F. The minimum atomic E-state index is -0.894. The van der Waals surface area contributed by atoms with Crippen LogP contribution < -0.4 is 10.6 Å². The topological polar surface area (TPSA) is 102 Å². The predicted octanol–water partition coefficient (Wildman–Crippen LogP) is 2.18. The van der Waals surface area contributed by atoms with E-state index in [0.717, 1.165) is 13.2 Å². The third-order valence-electron chi connectivity index (χ3n) is 3.59. The fraction of sp³-hybridized carbons (Fsp3) is 0.250. The highest BCUT2D eigenvalue weighted by atomic mass is 19.1. The summed E-state index contributed by atoms with van der Waals surface area (Å²) in [6.07, 6.45) is -0.861. The quantitative estimate of drug-likeness (QED) is 0.651. The molecular weight excluding hydrogens is 331 g/mol. The molecule has 2 aromatic rings. The van der Waals surface area contributed by atoms with Crippen LogP contribution in [0.15, 0.2) is 18.2 Å². The number of nitrogens with one attached hydrogen (secondary N) is 2. The van der Waals surface area contributed by atoms with E-state index in [2.05, 4.69) is 20.5 Å². The Bertz CT molecular complexity index is 860. The van der Waals surface area contributed by atoms with Gasteiger partial charge >= 0.3 is 6.09 Å². The van der Waals surface area contributed by atoms with Gasteiger partial charge in [0.2, 0.25) is 0 Å². The maximum atomic E-state index is 13.7. The van der Waals surface area contributed by atoms with E-state index in [1.165, 1.54) is 16.8 Å². The van der Waals surface area contributed by atoms with Crippen molar-refractivity contribution in [3.63, 3.8) is 0 Å². The number of hydrogen-bond donors (Lipinski definition) is 2. The molecular formula is C16H17FN4O4. The summed E-state index contributed by atoms with van der Waals surface area (Å²) in [5, 5.41) is 8.64. The van der Waals surface area contributed by atoms with Crippen LogP contribution >= 0.6 is 0 Å². The molecule has 132 valence electrons. The summed E-state index contributed by atoms with van der Waals surface area (Å²) >= 11 is 0. The first-order valence-corrected chi connectivity index (χ1v) is 7.25. The Hall–Kier alpha value is -3.23. The van der Waals surface area contributed by atoms with Gasteiger partial charge in [0.1, 0.15) is 5.82 Å². The Labute approximate surface area is 143 Å². The summed E-state index contributed by atoms with van der Waals surface area (Å²) in [5.41, 5.74) is 1.17. The fourth-order valence-electron chi connectivity index (χ4n) is 2.26. The average Bonchev–Trinajstić information content (AvgIpc) is 2.82. The van der Waals surface area contributed by atoms with Crippen molar-refractivity contribution in [1.82, 2.24) is 9.78 Å². The van der Waals surface area contributed by atoms with Gasteiger partial charge < -0.3 is 10.1 Å². The number of nitrogens with zero attached hydrogens (tertiary/aromatic N) is 2. The molecule has 8 nitrogen and oxygen atoms in total. The molecule has 25 heavy (non-hydrogen) atoms. The number of ether oxygens (including phenoxy) is 1. The number of Topliss-reactive ketones (excluding diaryl/α,β-unsaturated/α-hetero) is 1. The maximum Gasteiger partial charge on any atom is 0.411 e. The fourth-order valence-corrected chi connectivity index (χ4v) is 2.26. The van der Waals surface area contributed by atoms with Gasteiger partial charge in [-0.15, -0.1) is 0 Å². The van der Waals surface area contributed by atoms with Crippen molar-refractivity contribution in [1.29, 1.82) is 0 Å². The van der Waals surface area contributed by atoms with Gasteiger partial charge in [-0.2, -0.15) is 5.10 Å². The molecule has 0 atom stereocenters. The lowest BCUT2D eigenvalue weighted by atomic mass is 10.1. The molecule has 2 amide bonds. The van der Waals surface area contributed by atoms with Crippen LogP contribution in [-0.4, -0.2) is 34.7 Å². The van der Waals surface area contributed by atoms with E-state index in [4.69, 9.17) is 0 Å². The highest BCUT2D eigenvalue weighted by molar-refractivity contribution is 6.47. The van der Waals surface area contributed by atoms with Crippen molar-refractivity contribution in [3.8, 4) is 0 Å². The summed E-state index contributed by atoms with van der Waals surface area (Å²) in [7, 11) is 2.80. The zero-order valence-electron chi connectivity index (χ0n) is 14.1. The van der Waals surface area contributed by atoms with Crippen molar-refractivity contribution in [3.05, 3.63) is 41.0 Å².